The number of nitrogens with one attached hydrogen (secondary N) is 2. The second-order valence-electron chi connectivity index (χ2n) is 4.88. The highest BCUT2D eigenvalue weighted by Crippen LogP contribution is 2.11. The van der Waals surface area contributed by atoms with Gasteiger partial charge in [-0.3, -0.25) is 14.6 Å². The first kappa shape index (κ1) is 17.9. The topological polar surface area (TPSA) is 92.7 Å². The van der Waals surface area contributed by atoms with Crippen molar-refractivity contribution in [3.63, 3.8) is 0 Å². The number of amides is 2. The number of pyridine rings is 1. The number of carbonyl (C=O) groups is 2. The number of hydrogen-bond acceptors (Lipinski definition) is 5. The van der Waals surface area contributed by atoms with E-state index in [1.54, 1.807) is 54.7 Å². The summed E-state index contributed by atoms with van der Waals surface area (Å²) in [7, 11) is 0. The molecule has 1 heterocycles. The first-order valence-corrected chi connectivity index (χ1v) is 7.54. The first-order chi connectivity index (χ1) is 12.2. The number of carbonyl (C=O) groups excluding carboxylic acids is 2. The molecule has 0 unspecified atom stereocenters. The second kappa shape index (κ2) is 9.61. The molecular weight excluding hydrogens is 320 g/mol. The van der Waals surface area contributed by atoms with E-state index in [4.69, 9.17) is 4.74 Å². The number of benzene rings is 1. The fourth-order valence-electron chi connectivity index (χ4n) is 1.81. The van der Waals surface area contributed by atoms with E-state index in [9.17, 15) is 9.59 Å². The Morgan fingerprint density at radius 1 is 1.20 bits per heavy atom. The van der Waals surface area contributed by atoms with Crippen LogP contribution >= 0.6 is 0 Å². The maximum Gasteiger partial charge on any atom is 0.329 e. The molecule has 2 rings (SSSR count). The fraction of sp³-hybridized carbons (Fsp3) is 0.111. The van der Waals surface area contributed by atoms with Crippen molar-refractivity contribution in [1.29, 1.82) is 0 Å². The van der Waals surface area contributed by atoms with E-state index in [1.165, 1.54) is 6.21 Å². The van der Waals surface area contributed by atoms with Crippen LogP contribution in [0.5, 0.6) is 5.75 Å². The molecule has 128 valence electrons. The molecule has 0 aliphatic rings. The maximum absolute atomic E-state index is 11.7. The number of hydrazone groups is 1. The standard InChI is InChI=1S/C18H18N4O3/c1-2-10-25-16-8-5-6-14(11-16)12-21-22-18(24)17(23)20-13-15-7-3-4-9-19-15/h2-9,11-12H,1,10,13H2,(H,20,23)(H,22,24)/b21-12+. The molecule has 7 heteroatoms. The summed E-state index contributed by atoms with van der Waals surface area (Å²) in [6, 6.07) is 12.4. The van der Waals surface area contributed by atoms with Gasteiger partial charge in [0.05, 0.1) is 18.5 Å². The largest absolute Gasteiger partial charge is 0.490 e. The summed E-state index contributed by atoms with van der Waals surface area (Å²) in [5, 5.41) is 6.23. The molecule has 0 aliphatic heterocycles. The summed E-state index contributed by atoms with van der Waals surface area (Å²) in [5.74, 6) is -0.986. The molecule has 2 aromatic rings. The van der Waals surface area contributed by atoms with E-state index in [0.717, 1.165) is 5.56 Å². The molecule has 1 aromatic heterocycles. The average Bonchev–Trinajstić information content (AvgIpc) is 2.65. The monoisotopic (exact) mass is 338 g/mol. The van der Waals surface area contributed by atoms with E-state index in [1.807, 2.05) is 0 Å². The summed E-state index contributed by atoms with van der Waals surface area (Å²) < 4.78 is 5.40. The second-order valence-corrected chi connectivity index (χ2v) is 4.88. The minimum absolute atomic E-state index is 0.166. The van der Waals surface area contributed by atoms with E-state index in [2.05, 4.69) is 27.4 Å². The van der Waals surface area contributed by atoms with Crippen molar-refractivity contribution in [2.45, 2.75) is 6.54 Å². The van der Waals surface area contributed by atoms with Crippen LogP contribution in [0.15, 0.2) is 66.4 Å². The molecule has 2 amide bonds. The van der Waals surface area contributed by atoms with Gasteiger partial charge in [-0.25, -0.2) is 5.43 Å². The van der Waals surface area contributed by atoms with E-state index >= 15 is 0 Å². The number of nitrogens with zero attached hydrogens (tertiary/aromatic N) is 2. The molecule has 0 spiro atoms. The Labute approximate surface area is 145 Å². The Morgan fingerprint density at radius 2 is 2.08 bits per heavy atom. The smallest absolute Gasteiger partial charge is 0.329 e. The zero-order valence-corrected chi connectivity index (χ0v) is 13.5. The molecule has 0 fully saturated rings. The van der Waals surface area contributed by atoms with Gasteiger partial charge >= 0.3 is 11.8 Å². The van der Waals surface area contributed by atoms with Gasteiger partial charge in [-0.05, 0) is 29.8 Å². The summed E-state index contributed by atoms with van der Waals surface area (Å²) in [5.41, 5.74) is 3.55. The van der Waals surface area contributed by atoms with Crippen molar-refractivity contribution in [3.8, 4) is 5.75 Å². The van der Waals surface area contributed by atoms with Crippen molar-refractivity contribution in [3.05, 3.63) is 72.6 Å². The van der Waals surface area contributed by atoms with Crippen molar-refractivity contribution < 1.29 is 14.3 Å². The Morgan fingerprint density at radius 3 is 2.84 bits per heavy atom. The van der Waals surface area contributed by atoms with Crippen molar-refractivity contribution in [2.75, 3.05) is 6.61 Å². The zero-order valence-electron chi connectivity index (χ0n) is 13.5. The van der Waals surface area contributed by atoms with Crippen molar-refractivity contribution in [2.24, 2.45) is 5.10 Å². The van der Waals surface area contributed by atoms with Crippen LogP contribution in [0.4, 0.5) is 0 Å². The molecule has 0 saturated carbocycles. The summed E-state index contributed by atoms with van der Waals surface area (Å²) in [4.78, 5) is 27.4. The molecule has 0 aliphatic carbocycles. The lowest BCUT2D eigenvalue weighted by atomic mass is 10.2. The minimum Gasteiger partial charge on any atom is -0.490 e. The van der Waals surface area contributed by atoms with E-state index < -0.39 is 11.8 Å². The predicted molar refractivity (Wildman–Crippen MR) is 94.0 cm³/mol. The Hall–Kier alpha value is -3.48. The normalized spacial score (nSPS) is 10.2. The van der Waals surface area contributed by atoms with Crippen LogP contribution in [0.1, 0.15) is 11.3 Å². The SMILES string of the molecule is C=CCOc1cccc(/C=N/NC(=O)C(=O)NCc2ccccn2)c1. The van der Waals surface area contributed by atoms with E-state index in [-0.39, 0.29) is 6.54 Å². The molecule has 0 radical (unpaired) electrons. The van der Waals surface area contributed by atoms with Gasteiger partial charge in [-0.2, -0.15) is 5.10 Å². The third-order valence-corrected chi connectivity index (χ3v) is 2.97. The third-order valence-electron chi connectivity index (χ3n) is 2.97. The van der Waals surface area contributed by atoms with Crippen LogP contribution < -0.4 is 15.5 Å². The molecule has 0 saturated heterocycles. The maximum atomic E-state index is 11.7. The third kappa shape index (κ3) is 6.26. The van der Waals surface area contributed by atoms with Gasteiger partial charge in [-0.1, -0.05) is 30.9 Å². The lowest BCUT2D eigenvalue weighted by Crippen LogP contribution is -2.37. The Bertz CT molecular complexity index is 760. The molecule has 2 N–H and O–H groups in total. The molecule has 0 bridgehead atoms. The Kier molecular flexibility index (Phi) is 6.87. The average molecular weight is 338 g/mol. The van der Waals surface area contributed by atoms with Gasteiger partial charge in [0, 0.05) is 6.20 Å². The lowest BCUT2D eigenvalue weighted by Gasteiger charge is -2.04. The first-order valence-electron chi connectivity index (χ1n) is 7.54. The summed E-state index contributed by atoms with van der Waals surface area (Å²) in [6.45, 7) is 4.14. The van der Waals surface area contributed by atoms with Gasteiger partial charge in [0.1, 0.15) is 12.4 Å². The van der Waals surface area contributed by atoms with Crippen molar-refractivity contribution >= 4 is 18.0 Å². The van der Waals surface area contributed by atoms with Gasteiger partial charge in [-0.15, -0.1) is 0 Å². The van der Waals surface area contributed by atoms with Gasteiger partial charge in [0.15, 0.2) is 0 Å². The number of aromatic nitrogens is 1. The van der Waals surface area contributed by atoms with Crippen LogP contribution in [0.2, 0.25) is 0 Å². The fourth-order valence-corrected chi connectivity index (χ4v) is 1.81. The highest BCUT2D eigenvalue weighted by molar-refractivity contribution is 6.35. The highest BCUT2D eigenvalue weighted by Gasteiger charge is 2.11. The number of ether oxygens (including phenoxy) is 1. The van der Waals surface area contributed by atoms with Crippen LogP contribution in [-0.2, 0) is 16.1 Å². The molecular formula is C18H18N4O3. The van der Waals surface area contributed by atoms with Crippen LogP contribution in [-0.4, -0.2) is 29.6 Å². The van der Waals surface area contributed by atoms with E-state index in [0.29, 0.717) is 18.1 Å². The number of rotatable bonds is 7. The van der Waals surface area contributed by atoms with Gasteiger partial charge in [0.2, 0.25) is 0 Å². The number of hydrogen-bond donors (Lipinski definition) is 2. The highest BCUT2D eigenvalue weighted by atomic mass is 16.5. The van der Waals surface area contributed by atoms with Crippen LogP contribution in [0.3, 0.4) is 0 Å². The van der Waals surface area contributed by atoms with Crippen LogP contribution in [0.25, 0.3) is 0 Å². The quantitative estimate of drug-likeness (QED) is 0.345. The molecule has 7 nitrogen and oxygen atoms in total. The van der Waals surface area contributed by atoms with Crippen LogP contribution in [0, 0.1) is 0 Å². The predicted octanol–water partition coefficient (Wildman–Crippen LogP) is 1.41. The van der Waals surface area contributed by atoms with Crippen molar-refractivity contribution in [1.82, 2.24) is 15.7 Å². The van der Waals surface area contributed by atoms with Gasteiger partial charge in [0.25, 0.3) is 0 Å². The molecule has 1 aromatic carbocycles. The molecule has 0 atom stereocenters. The Balaban J connectivity index is 1.81. The van der Waals surface area contributed by atoms with Gasteiger partial charge < -0.3 is 10.1 Å². The molecule has 25 heavy (non-hydrogen) atoms. The summed E-state index contributed by atoms with van der Waals surface area (Å²) >= 11 is 0. The zero-order chi connectivity index (χ0) is 17.9. The lowest BCUT2D eigenvalue weighted by molar-refractivity contribution is -0.139. The minimum atomic E-state index is -0.855. The summed E-state index contributed by atoms with van der Waals surface area (Å²) in [6.07, 6.45) is 4.67.